The van der Waals surface area contributed by atoms with Crippen LogP contribution in [0.15, 0.2) is 24.4 Å². The summed E-state index contributed by atoms with van der Waals surface area (Å²) in [5.41, 5.74) is 0.530. The number of aromatic carboxylic acids is 1. The minimum atomic E-state index is -1.71. The van der Waals surface area contributed by atoms with Gasteiger partial charge in [-0.2, -0.15) is 0 Å². The van der Waals surface area contributed by atoms with Gasteiger partial charge in [-0.1, -0.05) is 0 Å². The van der Waals surface area contributed by atoms with Crippen LogP contribution >= 0.6 is 0 Å². The number of rotatable bonds is 7. The van der Waals surface area contributed by atoms with Crippen LogP contribution in [0.25, 0.3) is 10.9 Å². The molecule has 5 atom stereocenters. The first kappa shape index (κ1) is 21.5. The van der Waals surface area contributed by atoms with E-state index in [-0.39, 0.29) is 11.3 Å². The fourth-order valence-electron chi connectivity index (χ4n) is 2.99. The summed E-state index contributed by atoms with van der Waals surface area (Å²) >= 11 is 0. The Morgan fingerprint density at radius 3 is 2.47 bits per heavy atom. The summed E-state index contributed by atoms with van der Waals surface area (Å²) in [6.45, 7) is -0.586. The number of esters is 1. The summed E-state index contributed by atoms with van der Waals surface area (Å²) in [6.07, 6.45) is -7.40. The van der Waals surface area contributed by atoms with E-state index in [4.69, 9.17) is 19.3 Å². The van der Waals surface area contributed by atoms with Crippen LogP contribution in [-0.4, -0.2) is 85.7 Å². The molecule has 1 aliphatic heterocycles. The third-order valence-electron chi connectivity index (χ3n) is 4.51. The van der Waals surface area contributed by atoms with Gasteiger partial charge in [0.15, 0.2) is 0 Å². The molecule has 0 amide bonds. The lowest BCUT2D eigenvalue weighted by molar-refractivity contribution is -0.278. The first-order chi connectivity index (χ1) is 14.2. The number of benzene rings is 1. The number of aromatic amines is 1. The van der Waals surface area contributed by atoms with Crippen molar-refractivity contribution in [1.29, 1.82) is 0 Å². The van der Waals surface area contributed by atoms with E-state index in [1.54, 1.807) is 6.07 Å². The van der Waals surface area contributed by atoms with Crippen molar-refractivity contribution >= 4 is 28.8 Å². The van der Waals surface area contributed by atoms with E-state index in [0.29, 0.717) is 10.9 Å². The van der Waals surface area contributed by atoms with Gasteiger partial charge in [-0.05, 0) is 18.2 Å². The van der Waals surface area contributed by atoms with Crippen LogP contribution in [0.3, 0.4) is 0 Å². The van der Waals surface area contributed by atoms with Crippen molar-refractivity contribution < 1.29 is 54.1 Å². The van der Waals surface area contributed by atoms with Gasteiger partial charge in [0.1, 0.15) is 43.2 Å². The molecule has 0 spiro atoms. The van der Waals surface area contributed by atoms with Crippen LogP contribution in [0.5, 0.6) is 5.75 Å². The number of nitrogens with one attached hydrogen (secondary N) is 1. The molecule has 30 heavy (non-hydrogen) atoms. The molecule has 162 valence electrons. The molecule has 2 aromatic rings. The van der Waals surface area contributed by atoms with Gasteiger partial charge in [0, 0.05) is 17.1 Å². The third kappa shape index (κ3) is 4.52. The average Bonchev–Trinajstić information content (AvgIpc) is 3.10. The lowest BCUT2D eigenvalue weighted by Crippen LogP contribution is -2.60. The third-order valence-corrected chi connectivity index (χ3v) is 4.51. The Morgan fingerprint density at radius 1 is 1.07 bits per heavy atom. The molecule has 1 aromatic carbocycles. The van der Waals surface area contributed by atoms with Gasteiger partial charge in [0.25, 0.3) is 0 Å². The minimum Gasteiger partial charge on any atom is -0.481 e. The Morgan fingerprint density at radius 2 is 1.80 bits per heavy atom. The second-order valence-electron chi connectivity index (χ2n) is 6.60. The topological polar surface area (TPSA) is 196 Å². The predicted molar refractivity (Wildman–Crippen MR) is 95.8 cm³/mol. The molecule has 0 radical (unpaired) electrons. The van der Waals surface area contributed by atoms with E-state index in [1.165, 1.54) is 18.3 Å². The zero-order valence-corrected chi connectivity index (χ0v) is 15.3. The molecule has 3 rings (SSSR count). The van der Waals surface area contributed by atoms with E-state index in [2.05, 4.69) is 4.98 Å². The summed E-state index contributed by atoms with van der Waals surface area (Å²) in [4.78, 5) is 35.9. The summed E-state index contributed by atoms with van der Waals surface area (Å²) in [5.74, 6) is -3.52. The molecule has 1 aromatic heterocycles. The highest BCUT2D eigenvalue weighted by Gasteiger charge is 2.45. The minimum absolute atomic E-state index is 0.000706. The maximum Gasteiger partial charge on any atom is 0.337 e. The Bertz CT molecular complexity index is 955. The van der Waals surface area contributed by atoms with E-state index in [0.717, 1.165) is 0 Å². The van der Waals surface area contributed by atoms with Crippen LogP contribution in [0, 0.1) is 0 Å². The molecule has 12 nitrogen and oxygen atoms in total. The Hall–Kier alpha value is -3.19. The number of carbonyl (C=O) groups is 3. The highest BCUT2D eigenvalue weighted by Crippen LogP contribution is 2.28. The van der Waals surface area contributed by atoms with E-state index >= 15 is 0 Å². The van der Waals surface area contributed by atoms with Gasteiger partial charge in [-0.25, -0.2) is 4.79 Å². The Labute approximate surface area is 168 Å². The van der Waals surface area contributed by atoms with E-state index < -0.39 is 61.6 Å². The Kier molecular flexibility index (Phi) is 6.22. The maximum atomic E-state index is 11.4. The van der Waals surface area contributed by atoms with Crippen LogP contribution in [0.4, 0.5) is 0 Å². The first-order valence-electron chi connectivity index (χ1n) is 8.75. The molecule has 0 aliphatic carbocycles. The predicted octanol–water partition coefficient (Wildman–Crippen LogP) is -0.930. The second-order valence-corrected chi connectivity index (χ2v) is 6.60. The van der Waals surface area contributed by atoms with Crippen LogP contribution in [-0.2, 0) is 19.1 Å². The van der Waals surface area contributed by atoms with E-state index in [9.17, 15) is 34.8 Å². The molecule has 1 saturated heterocycles. The number of aliphatic carboxylic acids is 1. The van der Waals surface area contributed by atoms with Crippen LogP contribution < -0.4 is 4.74 Å². The maximum absolute atomic E-state index is 11.4. The lowest BCUT2D eigenvalue weighted by atomic mass is 9.99. The molecule has 12 heteroatoms. The first-order valence-corrected chi connectivity index (χ1v) is 8.75. The molecule has 0 unspecified atom stereocenters. The molecule has 0 bridgehead atoms. The summed E-state index contributed by atoms with van der Waals surface area (Å²) in [6, 6.07) is 4.41. The number of carboxylic acids is 2. The molecular weight excluding hydrogens is 406 g/mol. The standard InChI is InChI=1S/C18H19NO11/c20-12(21)4-13(22)28-6-11-14(23)15(24)16(25)18(30-11)29-7-1-2-10-8(3-7)9(5-19-10)17(26)27/h1-3,5,11,14-16,18-19,23-25H,4,6H2,(H,20,21)(H,26,27)/t11-,14-,15+,16-,18-/m1/s1. The van der Waals surface area contributed by atoms with Crippen LogP contribution in [0.2, 0.25) is 0 Å². The SMILES string of the molecule is O=C(O)CC(=O)OC[C@H]1O[C@@H](Oc2ccc3[nH]cc(C(=O)O)c3c2)[C@H](O)[C@@H](O)[C@@H]1O. The largest absolute Gasteiger partial charge is 0.481 e. The number of ether oxygens (including phenoxy) is 3. The smallest absolute Gasteiger partial charge is 0.337 e. The zero-order chi connectivity index (χ0) is 22.0. The fraction of sp³-hybridized carbons (Fsp3) is 0.389. The number of aromatic nitrogens is 1. The van der Waals surface area contributed by atoms with Crippen molar-refractivity contribution in [2.45, 2.75) is 37.1 Å². The highest BCUT2D eigenvalue weighted by atomic mass is 16.7. The number of hydrogen-bond donors (Lipinski definition) is 6. The van der Waals surface area contributed by atoms with Gasteiger partial charge < -0.3 is 44.7 Å². The zero-order valence-electron chi connectivity index (χ0n) is 15.3. The average molecular weight is 425 g/mol. The molecule has 1 fully saturated rings. The summed E-state index contributed by atoms with van der Waals surface area (Å²) in [5, 5.41) is 48.4. The van der Waals surface area contributed by atoms with E-state index in [1.807, 2.05) is 0 Å². The number of carbonyl (C=O) groups excluding carboxylic acids is 1. The van der Waals surface area contributed by atoms with Gasteiger partial charge in [0.05, 0.1) is 5.56 Å². The molecule has 2 heterocycles. The molecule has 1 aliphatic rings. The molecular formula is C18H19NO11. The number of aliphatic hydroxyl groups is 3. The van der Waals surface area contributed by atoms with Crippen LogP contribution in [0.1, 0.15) is 16.8 Å². The fourth-order valence-corrected chi connectivity index (χ4v) is 2.99. The van der Waals surface area contributed by atoms with Crippen molar-refractivity contribution in [2.24, 2.45) is 0 Å². The number of hydrogen-bond acceptors (Lipinski definition) is 9. The second kappa shape index (κ2) is 8.67. The van der Waals surface area contributed by atoms with Crippen molar-refractivity contribution in [1.82, 2.24) is 4.98 Å². The van der Waals surface area contributed by atoms with Gasteiger partial charge in [-0.3, -0.25) is 9.59 Å². The summed E-state index contributed by atoms with van der Waals surface area (Å²) < 4.78 is 15.6. The van der Waals surface area contributed by atoms with Gasteiger partial charge in [0.2, 0.25) is 6.29 Å². The van der Waals surface area contributed by atoms with Crippen molar-refractivity contribution in [3.05, 3.63) is 30.0 Å². The Balaban J connectivity index is 1.73. The van der Waals surface area contributed by atoms with Crippen molar-refractivity contribution in [2.75, 3.05) is 6.61 Å². The quantitative estimate of drug-likeness (QED) is 0.237. The number of fused-ring (bicyclic) bond motifs is 1. The number of carboxylic acid groups (broad SMARTS) is 2. The van der Waals surface area contributed by atoms with Crippen molar-refractivity contribution in [3.63, 3.8) is 0 Å². The number of aliphatic hydroxyl groups excluding tert-OH is 3. The van der Waals surface area contributed by atoms with Gasteiger partial charge in [-0.15, -0.1) is 0 Å². The lowest BCUT2D eigenvalue weighted by Gasteiger charge is -2.39. The monoisotopic (exact) mass is 425 g/mol. The highest BCUT2D eigenvalue weighted by molar-refractivity contribution is 6.03. The van der Waals surface area contributed by atoms with Gasteiger partial charge >= 0.3 is 17.9 Å². The molecule has 6 N–H and O–H groups in total. The van der Waals surface area contributed by atoms with Crippen molar-refractivity contribution in [3.8, 4) is 5.75 Å². The molecule has 0 saturated carbocycles. The normalized spacial score (nSPS) is 26.3. The number of H-pyrrole nitrogens is 1. The summed E-state index contributed by atoms with van der Waals surface area (Å²) in [7, 11) is 0.